The Bertz CT molecular complexity index is 1180. The highest BCUT2D eigenvalue weighted by molar-refractivity contribution is 6.42. The molecule has 3 aromatic rings. The zero-order chi connectivity index (χ0) is 23.8. The molecule has 0 atom stereocenters. The monoisotopic (exact) mass is 485 g/mol. The Balaban J connectivity index is 1.49. The van der Waals surface area contributed by atoms with Crippen LogP contribution in [-0.4, -0.2) is 31.7 Å². The predicted octanol–water partition coefficient (Wildman–Crippen LogP) is 5.09. The maximum Gasteiger partial charge on any atom is 0.275 e. The van der Waals surface area contributed by atoms with Crippen molar-refractivity contribution in [2.24, 2.45) is 5.10 Å². The molecule has 0 spiro atoms. The zero-order valence-corrected chi connectivity index (χ0v) is 19.4. The van der Waals surface area contributed by atoms with Gasteiger partial charge in [0.15, 0.2) is 6.61 Å². The van der Waals surface area contributed by atoms with Crippen molar-refractivity contribution in [2.45, 2.75) is 6.92 Å². The van der Waals surface area contributed by atoms with Gasteiger partial charge in [0.1, 0.15) is 11.5 Å². The Morgan fingerprint density at radius 1 is 1.00 bits per heavy atom. The molecule has 2 amide bonds. The van der Waals surface area contributed by atoms with Crippen molar-refractivity contribution in [3.8, 4) is 11.5 Å². The summed E-state index contributed by atoms with van der Waals surface area (Å²) in [4.78, 5) is 24.4. The molecule has 0 aliphatic heterocycles. The Labute approximate surface area is 201 Å². The summed E-state index contributed by atoms with van der Waals surface area (Å²) < 4.78 is 10.7. The molecule has 33 heavy (non-hydrogen) atoms. The number of ether oxygens (including phenoxy) is 2. The van der Waals surface area contributed by atoms with Crippen molar-refractivity contribution in [3.05, 3.63) is 87.4 Å². The van der Waals surface area contributed by atoms with Crippen LogP contribution in [0.5, 0.6) is 11.5 Å². The summed E-state index contributed by atoms with van der Waals surface area (Å²) in [5.41, 5.74) is 5.11. The van der Waals surface area contributed by atoms with Gasteiger partial charge in [0.05, 0.1) is 28.9 Å². The van der Waals surface area contributed by atoms with Crippen LogP contribution in [0.15, 0.2) is 65.8 Å². The van der Waals surface area contributed by atoms with Crippen molar-refractivity contribution in [3.63, 3.8) is 0 Å². The number of amides is 2. The third kappa shape index (κ3) is 6.97. The zero-order valence-electron chi connectivity index (χ0n) is 17.9. The van der Waals surface area contributed by atoms with E-state index in [-0.39, 0.29) is 18.4 Å². The van der Waals surface area contributed by atoms with E-state index in [0.29, 0.717) is 32.8 Å². The van der Waals surface area contributed by atoms with Gasteiger partial charge in [0.25, 0.3) is 11.8 Å². The Morgan fingerprint density at radius 3 is 2.45 bits per heavy atom. The third-order valence-corrected chi connectivity index (χ3v) is 5.17. The van der Waals surface area contributed by atoms with E-state index in [1.54, 1.807) is 54.6 Å². The minimum absolute atomic E-state index is 0.178. The first-order chi connectivity index (χ1) is 15.9. The van der Waals surface area contributed by atoms with E-state index in [1.807, 2.05) is 13.0 Å². The van der Waals surface area contributed by atoms with E-state index in [2.05, 4.69) is 15.8 Å². The largest absolute Gasteiger partial charge is 0.496 e. The van der Waals surface area contributed by atoms with Crippen LogP contribution >= 0.6 is 23.2 Å². The van der Waals surface area contributed by atoms with Gasteiger partial charge in [-0.05, 0) is 72.6 Å². The fourth-order valence-corrected chi connectivity index (χ4v) is 3.08. The van der Waals surface area contributed by atoms with Gasteiger partial charge in [-0.1, -0.05) is 29.3 Å². The second kappa shape index (κ2) is 11.4. The molecule has 0 heterocycles. The number of rotatable bonds is 8. The van der Waals surface area contributed by atoms with Gasteiger partial charge in [0.2, 0.25) is 0 Å². The molecule has 0 fully saturated rings. The quantitative estimate of drug-likeness (QED) is 0.343. The smallest absolute Gasteiger partial charge is 0.275 e. The van der Waals surface area contributed by atoms with E-state index in [9.17, 15) is 9.59 Å². The fourth-order valence-electron chi connectivity index (χ4n) is 2.78. The summed E-state index contributed by atoms with van der Waals surface area (Å²) in [6, 6.07) is 17.0. The van der Waals surface area contributed by atoms with Crippen molar-refractivity contribution < 1.29 is 19.1 Å². The first kappa shape index (κ1) is 24.1. The summed E-state index contributed by atoms with van der Waals surface area (Å²) in [6.07, 6.45) is 1.50. The van der Waals surface area contributed by atoms with Gasteiger partial charge in [-0.3, -0.25) is 9.59 Å². The highest BCUT2D eigenvalue weighted by Crippen LogP contribution is 2.25. The average Bonchev–Trinajstić information content (AvgIpc) is 2.80. The van der Waals surface area contributed by atoms with Crippen molar-refractivity contribution >= 4 is 46.9 Å². The summed E-state index contributed by atoms with van der Waals surface area (Å²) in [7, 11) is 1.51. The molecule has 0 bridgehead atoms. The van der Waals surface area contributed by atoms with E-state index < -0.39 is 0 Å². The van der Waals surface area contributed by atoms with Crippen molar-refractivity contribution in [1.29, 1.82) is 0 Å². The lowest BCUT2D eigenvalue weighted by molar-refractivity contribution is -0.118. The van der Waals surface area contributed by atoms with Crippen LogP contribution in [-0.2, 0) is 4.79 Å². The number of halogens is 2. The normalized spacial score (nSPS) is 10.7. The maximum atomic E-state index is 12.3. The lowest BCUT2D eigenvalue weighted by Crippen LogP contribution is -2.20. The molecule has 0 radical (unpaired) electrons. The molecule has 0 aliphatic rings. The number of carbonyl (C=O) groups excluding carboxylic acids is 2. The van der Waals surface area contributed by atoms with Crippen molar-refractivity contribution in [1.82, 2.24) is 5.43 Å². The van der Waals surface area contributed by atoms with E-state index in [4.69, 9.17) is 32.7 Å². The highest BCUT2D eigenvalue weighted by Gasteiger charge is 2.11. The lowest BCUT2D eigenvalue weighted by Gasteiger charge is -2.08. The molecule has 9 heteroatoms. The van der Waals surface area contributed by atoms with E-state index in [0.717, 1.165) is 11.1 Å². The lowest BCUT2D eigenvalue weighted by atomic mass is 10.1. The summed E-state index contributed by atoms with van der Waals surface area (Å²) >= 11 is 11.8. The van der Waals surface area contributed by atoms with Crippen LogP contribution in [0.2, 0.25) is 10.0 Å². The molecule has 0 saturated heterocycles. The minimum Gasteiger partial charge on any atom is -0.496 e. The number of hydrogen-bond donors (Lipinski definition) is 2. The molecule has 0 aromatic heterocycles. The number of carbonyl (C=O) groups is 2. The van der Waals surface area contributed by atoms with Crippen LogP contribution in [0.4, 0.5) is 5.69 Å². The van der Waals surface area contributed by atoms with Crippen molar-refractivity contribution in [2.75, 3.05) is 19.0 Å². The van der Waals surface area contributed by atoms with Gasteiger partial charge in [-0.2, -0.15) is 5.10 Å². The predicted molar refractivity (Wildman–Crippen MR) is 130 cm³/mol. The molecule has 3 aromatic carbocycles. The SMILES string of the molecule is COc1cc(C)ccc1C(=O)N/N=C\c1ccc(OCC(=O)Nc2ccc(Cl)c(Cl)c2)cc1. The molecular weight excluding hydrogens is 465 g/mol. The Hall–Kier alpha value is -3.55. The average molecular weight is 486 g/mol. The highest BCUT2D eigenvalue weighted by atomic mass is 35.5. The third-order valence-electron chi connectivity index (χ3n) is 4.43. The number of hydrazone groups is 1. The van der Waals surface area contributed by atoms with E-state index >= 15 is 0 Å². The van der Waals surface area contributed by atoms with Crippen LogP contribution < -0.4 is 20.2 Å². The Morgan fingerprint density at radius 2 is 1.76 bits per heavy atom. The first-order valence-corrected chi connectivity index (χ1v) is 10.6. The topological polar surface area (TPSA) is 89.0 Å². The van der Waals surface area contributed by atoms with Gasteiger partial charge in [0, 0.05) is 5.69 Å². The maximum absolute atomic E-state index is 12.3. The van der Waals surface area contributed by atoms with E-state index in [1.165, 1.54) is 13.3 Å². The van der Waals surface area contributed by atoms with Crippen LogP contribution in [0.25, 0.3) is 0 Å². The van der Waals surface area contributed by atoms with Crippen LogP contribution in [0.3, 0.4) is 0 Å². The summed E-state index contributed by atoms with van der Waals surface area (Å²) in [5.74, 6) is 0.265. The summed E-state index contributed by atoms with van der Waals surface area (Å²) in [6.45, 7) is 1.74. The minimum atomic E-state index is -0.379. The number of benzene rings is 3. The van der Waals surface area contributed by atoms with Gasteiger partial charge in [-0.15, -0.1) is 0 Å². The second-order valence-corrected chi connectivity index (χ2v) is 7.75. The molecule has 2 N–H and O–H groups in total. The molecule has 170 valence electrons. The van der Waals surface area contributed by atoms with Gasteiger partial charge >= 0.3 is 0 Å². The summed E-state index contributed by atoms with van der Waals surface area (Å²) in [5, 5.41) is 7.41. The molecule has 0 unspecified atom stereocenters. The number of methoxy groups -OCH3 is 1. The number of nitrogens with zero attached hydrogens (tertiary/aromatic N) is 1. The molecular formula is C24H21Cl2N3O4. The van der Waals surface area contributed by atoms with Gasteiger partial charge < -0.3 is 14.8 Å². The molecule has 0 saturated carbocycles. The number of nitrogens with one attached hydrogen (secondary N) is 2. The molecule has 0 aliphatic carbocycles. The standard InChI is InChI=1S/C24H21Cl2N3O4/c1-15-3-9-19(22(11-15)32-2)24(31)29-27-13-16-4-7-18(8-5-16)33-14-23(30)28-17-6-10-20(25)21(26)12-17/h3-13H,14H2,1-2H3,(H,28,30)(H,29,31)/b27-13-. The van der Waals surface area contributed by atoms with Crippen LogP contribution in [0.1, 0.15) is 21.5 Å². The fraction of sp³-hybridized carbons (Fsp3) is 0.125. The Kier molecular flexibility index (Phi) is 8.29. The molecule has 7 nitrogen and oxygen atoms in total. The first-order valence-electron chi connectivity index (χ1n) is 9.81. The number of hydrogen-bond acceptors (Lipinski definition) is 5. The van der Waals surface area contributed by atoms with Crippen LogP contribution in [0, 0.1) is 6.92 Å². The van der Waals surface area contributed by atoms with Gasteiger partial charge in [-0.25, -0.2) is 5.43 Å². The second-order valence-electron chi connectivity index (χ2n) is 6.94. The number of anilines is 1. The molecule has 3 rings (SSSR count). The number of aryl methyl sites for hydroxylation is 1.